The minimum absolute atomic E-state index is 0.489. The monoisotopic (exact) mass is 395 g/mol. The third-order valence-electron chi connectivity index (χ3n) is 4.52. The number of benzene rings is 1. The molecule has 1 aromatic carbocycles. The molecule has 0 amide bonds. The second-order valence-electron chi connectivity index (χ2n) is 6.49. The molecule has 1 heterocycles. The van der Waals surface area contributed by atoms with Crippen LogP contribution in [-0.4, -0.2) is 64.4 Å². The van der Waals surface area contributed by atoms with E-state index < -0.39 is 0 Å². The number of nitrogens with one attached hydrogen (secondary N) is 3. The Kier molecular flexibility index (Phi) is 9.47. The number of nitrogens with zero attached hydrogens (tertiary/aromatic N) is 1. The maximum absolute atomic E-state index is 5.37. The SMILES string of the molecule is COCc1cc(/C(C)=N\NC(=S)NCCC[NH+]2CCOCC2)ccc1OC. The number of rotatable bonds is 9. The van der Waals surface area contributed by atoms with Gasteiger partial charge >= 0.3 is 0 Å². The summed E-state index contributed by atoms with van der Waals surface area (Å²) in [5, 5.41) is 8.13. The van der Waals surface area contributed by atoms with E-state index in [-0.39, 0.29) is 0 Å². The summed E-state index contributed by atoms with van der Waals surface area (Å²) in [5.41, 5.74) is 5.74. The van der Waals surface area contributed by atoms with E-state index in [4.69, 9.17) is 26.4 Å². The van der Waals surface area contributed by atoms with E-state index in [0.717, 1.165) is 68.4 Å². The highest BCUT2D eigenvalue weighted by Gasteiger charge is 2.12. The highest BCUT2D eigenvalue weighted by atomic mass is 32.1. The summed E-state index contributed by atoms with van der Waals surface area (Å²) in [6, 6.07) is 5.91. The first-order chi connectivity index (χ1) is 13.1. The van der Waals surface area contributed by atoms with Crippen molar-refractivity contribution < 1.29 is 19.1 Å². The number of morpholine rings is 1. The van der Waals surface area contributed by atoms with E-state index in [0.29, 0.717) is 11.7 Å². The van der Waals surface area contributed by atoms with Gasteiger partial charge < -0.3 is 24.4 Å². The molecule has 27 heavy (non-hydrogen) atoms. The lowest BCUT2D eigenvalue weighted by Crippen LogP contribution is -3.14. The van der Waals surface area contributed by atoms with Crippen LogP contribution in [0.1, 0.15) is 24.5 Å². The lowest BCUT2D eigenvalue weighted by atomic mass is 10.1. The van der Waals surface area contributed by atoms with Gasteiger partial charge in [0.15, 0.2) is 5.11 Å². The van der Waals surface area contributed by atoms with Crippen LogP contribution in [0.15, 0.2) is 23.3 Å². The fourth-order valence-corrected chi connectivity index (χ4v) is 3.11. The van der Waals surface area contributed by atoms with E-state index in [1.807, 2.05) is 25.1 Å². The molecular weight excluding hydrogens is 364 g/mol. The standard InChI is InChI=1S/C19H30N4O3S/c1-15(16-5-6-18(25-3)17(13-16)14-24-2)21-22-19(27)20-7-4-8-23-9-11-26-12-10-23/h5-6,13H,4,7-12,14H2,1-3H3,(H2,20,22,27)/p+1/b21-15-. The molecule has 150 valence electrons. The Morgan fingerprint density at radius 2 is 2.07 bits per heavy atom. The highest BCUT2D eigenvalue weighted by molar-refractivity contribution is 7.80. The Morgan fingerprint density at radius 1 is 1.30 bits per heavy atom. The van der Waals surface area contributed by atoms with Crippen molar-refractivity contribution in [3.8, 4) is 5.75 Å². The number of thiocarbonyl (C=S) groups is 1. The first kappa shape index (κ1) is 21.6. The summed E-state index contributed by atoms with van der Waals surface area (Å²) in [6.07, 6.45) is 1.07. The van der Waals surface area contributed by atoms with Crippen LogP contribution in [0.3, 0.4) is 0 Å². The van der Waals surface area contributed by atoms with Crippen LogP contribution in [0.5, 0.6) is 5.75 Å². The molecule has 2 rings (SSSR count). The van der Waals surface area contributed by atoms with Crippen molar-refractivity contribution in [3.63, 3.8) is 0 Å². The first-order valence-corrected chi connectivity index (χ1v) is 9.70. The maximum Gasteiger partial charge on any atom is 0.186 e. The van der Waals surface area contributed by atoms with Crippen molar-refractivity contribution >= 4 is 23.0 Å². The molecule has 8 heteroatoms. The summed E-state index contributed by atoms with van der Waals surface area (Å²) in [7, 11) is 3.32. The molecule has 0 radical (unpaired) electrons. The predicted molar refractivity (Wildman–Crippen MR) is 111 cm³/mol. The summed E-state index contributed by atoms with van der Waals surface area (Å²) in [5.74, 6) is 0.806. The van der Waals surface area contributed by atoms with Gasteiger partial charge in [0.25, 0.3) is 0 Å². The summed E-state index contributed by atoms with van der Waals surface area (Å²) in [4.78, 5) is 1.60. The Labute approximate surface area is 167 Å². The Morgan fingerprint density at radius 3 is 2.78 bits per heavy atom. The van der Waals surface area contributed by atoms with E-state index in [1.54, 1.807) is 19.1 Å². The molecule has 0 aliphatic carbocycles. The number of quaternary nitrogens is 1. The van der Waals surface area contributed by atoms with Gasteiger partial charge in [-0.05, 0) is 42.9 Å². The zero-order valence-electron chi connectivity index (χ0n) is 16.5. The molecule has 1 aliphatic heterocycles. The predicted octanol–water partition coefficient (Wildman–Crippen LogP) is 0.335. The van der Waals surface area contributed by atoms with Crippen molar-refractivity contribution in [3.05, 3.63) is 29.3 Å². The highest BCUT2D eigenvalue weighted by Crippen LogP contribution is 2.21. The molecule has 1 saturated heterocycles. The quantitative estimate of drug-likeness (QED) is 0.242. The van der Waals surface area contributed by atoms with Crippen LogP contribution in [-0.2, 0) is 16.1 Å². The van der Waals surface area contributed by atoms with Gasteiger partial charge in [0, 0.05) is 25.6 Å². The van der Waals surface area contributed by atoms with E-state index in [2.05, 4.69) is 15.8 Å². The molecule has 0 saturated carbocycles. The summed E-state index contributed by atoms with van der Waals surface area (Å²) < 4.78 is 16.0. The average Bonchev–Trinajstić information content (AvgIpc) is 2.70. The van der Waals surface area contributed by atoms with Crippen LogP contribution < -0.4 is 20.4 Å². The molecule has 7 nitrogen and oxygen atoms in total. The van der Waals surface area contributed by atoms with Gasteiger partial charge in [0.2, 0.25) is 0 Å². The molecule has 0 aromatic heterocycles. The normalized spacial score (nSPS) is 15.4. The van der Waals surface area contributed by atoms with Crippen molar-refractivity contribution in [2.24, 2.45) is 5.10 Å². The molecule has 1 fully saturated rings. The van der Waals surface area contributed by atoms with Gasteiger partial charge in [-0.25, -0.2) is 0 Å². The molecule has 1 aromatic rings. The summed E-state index contributed by atoms with van der Waals surface area (Å²) >= 11 is 5.30. The van der Waals surface area contributed by atoms with Gasteiger partial charge in [-0.3, -0.25) is 5.43 Å². The Balaban J connectivity index is 1.76. The number of ether oxygens (including phenoxy) is 3. The fraction of sp³-hybridized carbons (Fsp3) is 0.579. The lowest BCUT2D eigenvalue weighted by Gasteiger charge is -2.23. The number of hydrogen-bond acceptors (Lipinski definition) is 5. The zero-order valence-corrected chi connectivity index (χ0v) is 17.3. The topological polar surface area (TPSA) is 68.5 Å². The van der Waals surface area contributed by atoms with Gasteiger partial charge in [-0.2, -0.15) is 5.10 Å². The minimum atomic E-state index is 0.489. The van der Waals surface area contributed by atoms with Crippen LogP contribution in [0.2, 0.25) is 0 Å². The van der Waals surface area contributed by atoms with Crippen molar-refractivity contribution in [1.29, 1.82) is 0 Å². The van der Waals surface area contributed by atoms with Crippen molar-refractivity contribution in [2.45, 2.75) is 20.0 Å². The molecule has 3 N–H and O–H groups in total. The summed E-state index contributed by atoms with van der Waals surface area (Å²) in [6.45, 7) is 8.33. The van der Waals surface area contributed by atoms with Crippen LogP contribution >= 0.6 is 12.2 Å². The van der Waals surface area contributed by atoms with Crippen LogP contribution in [0.25, 0.3) is 0 Å². The van der Waals surface area contributed by atoms with Crippen LogP contribution in [0.4, 0.5) is 0 Å². The maximum atomic E-state index is 5.37. The van der Waals surface area contributed by atoms with E-state index >= 15 is 0 Å². The number of methoxy groups -OCH3 is 2. The average molecular weight is 396 g/mol. The smallest absolute Gasteiger partial charge is 0.186 e. The fourth-order valence-electron chi connectivity index (χ4n) is 2.96. The van der Waals surface area contributed by atoms with Crippen molar-refractivity contribution in [2.75, 3.05) is 53.6 Å². The van der Waals surface area contributed by atoms with Gasteiger partial charge in [-0.1, -0.05) is 0 Å². The van der Waals surface area contributed by atoms with Gasteiger partial charge in [0.05, 0.1) is 39.2 Å². The molecule has 0 bridgehead atoms. The largest absolute Gasteiger partial charge is 0.496 e. The third-order valence-corrected chi connectivity index (χ3v) is 4.75. The second kappa shape index (κ2) is 11.9. The van der Waals surface area contributed by atoms with Gasteiger partial charge in [0.1, 0.15) is 18.8 Å². The number of hydrogen-bond donors (Lipinski definition) is 3. The molecule has 0 spiro atoms. The van der Waals surface area contributed by atoms with E-state index in [9.17, 15) is 0 Å². The van der Waals surface area contributed by atoms with E-state index in [1.165, 1.54) is 0 Å². The Bertz CT molecular complexity index is 633. The lowest BCUT2D eigenvalue weighted by molar-refractivity contribution is -0.908. The Hall–Kier alpha value is -1.74. The second-order valence-corrected chi connectivity index (χ2v) is 6.90. The molecular formula is C19H31N4O3S+. The molecule has 1 aliphatic rings. The van der Waals surface area contributed by atoms with Gasteiger partial charge in [-0.15, -0.1) is 0 Å². The van der Waals surface area contributed by atoms with Crippen LogP contribution in [0, 0.1) is 0 Å². The zero-order chi connectivity index (χ0) is 19.5. The third kappa shape index (κ3) is 7.42. The minimum Gasteiger partial charge on any atom is -0.496 e. The van der Waals surface area contributed by atoms with Crippen molar-refractivity contribution in [1.82, 2.24) is 10.7 Å². The first-order valence-electron chi connectivity index (χ1n) is 9.29. The molecule has 0 unspecified atom stereocenters. The number of hydrazone groups is 1. The molecule has 0 atom stereocenters.